The Morgan fingerprint density at radius 3 is 2.57 bits per heavy atom. The van der Waals surface area contributed by atoms with E-state index in [0.29, 0.717) is 6.42 Å². The van der Waals surface area contributed by atoms with E-state index in [2.05, 4.69) is 6.58 Å². The van der Waals surface area contributed by atoms with Gasteiger partial charge in [-0.25, -0.2) is 0 Å². The SMILES string of the molecule is C=C(/C=C/c1ccc(Cl)cc1)CCO. The van der Waals surface area contributed by atoms with E-state index >= 15 is 0 Å². The fourth-order valence-electron chi connectivity index (χ4n) is 1.01. The van der Waals surface area contributed by atoms with E-state index in [4.69, 9.17) is 16.7 Å². The minimum atomic E-state index is 0.143. The van der Waals surface area contributed by atoms with Crippen LogP contribution in [0.15, 0.2) is 42.5 Å². The molecule has 0 radical (unpaired) electrons. The number of allylic oxidation sites excluding steroid dienone is 1. The standard InChI is InChI=1S/C12H13ClO/c1-10(8-9-14)2-3-11-4-6-12(13)7-5-11/h2-7,14H,1,8-9H2/b3-2+. The monoisotopic (exact) mass is 208 g/mol. The molecule has 14 heavy (non-hydrogen) atoms. The lowest BCUT2D eigenvalue weighted by molar-refractivity contribution is 0.300. The molecular formula is C12H13ClO. The summed E-state index contributed by atoms with van der Waals surface area (Å²) in [6, 6.07) is 7.56. The van der Waals surface area contributed by atoms with Gasteiger partial charge >= 0.3 is 0 Å². The van der Waals surface area contributed by atoms with Crippen LogP contribution in [0, 0.1) is 0 Å². The third kappa shape index (κ3) is 3.77. The van der Waals surface area contributed by atoms with Gasteiger partial charge in [-0.05, 0) is 24.1 Å². The van der Waals surface area contributed by atoms with E-state index < -0.39 is 0 Å². The lowest BCUT2D eigenvalue weighted by Gasteiger charge is -1.96. The molecule has 0 aliphatic heterocycles. The Bertz CT molecular complexity index is 325. The van der Waals surface area contributed by atoms with Crippen LogP contribution < -0.4 is 0 Å². The molecule has 1 nitrogen and oxygen atoms in total. The molecule has 0 heterocycles. The van der Waals surface area contributed by atoms with Gasteiger partial charge < -0.3 is 5.11 Å². The van der Waals surface area contributed by atoms with Crippen LogP contribution in [0.4, 0.5) is 0 Å². The van der Waals surface area contributed by atoms with Crippen molar-refractivity contribution in [3.63, 3.8) is 0 Å². The van der Waals surface area contributed by atoms with Gasteiger partial charge in [-0.2, -0.15) is 0 Å². The summed E-state index contributed by atoms with van der Waals surface area (Å²) in [6.45, 7) is 3.95. The maximum absolute atomic E-state index is 8.66. The van der Waals surface area contributed by atoms with Crippen LogP contribution in [0.5, 0.6) is 0 Å². The number of hydrogen-bond acceptors (Lipinski definition) is 1. The zero-order valence-electron chi connectivity index (χ0n) is 7.91. The van der Waals surface area contributed by atoms with Crippen molar-refractivity contribution in [1.29, 1.82) is 0 Å². The average Bonchev–Trinajstić information content (AvgIpc) is 2.17. The zero-order chi connectivity index (χ0) is 10.4. The molecule has 0 fully saturated rings. The second-order valence-corrected chi connectivity index (χ2v) is 3.45. The van der Waals surface area contributed by atoms with E-state index in [1.54, 1.807) is 0 Å². The van der Waals surface area contributed by atoms with Gasteiger partial charge in [0.05, 0.1) is 0 Å². The van der Waals surface area contributed by atoms with Crippen LogP contribution in [0.1, 0.15) is 12.0 Å². The number of rotatable bonds is 4. The molecule has 1 aromatic rings. The predicted octanol–water partition coefficient (Wildman–Crippen LogP) is 3.29. The highest BCUT2D eigenvalue weighted by molar-refractivity contribution is 6.30. The smallest absolute Gasteiger partial charge is 0.0471 e. The molecule has 0 saturated heterocycles. The summed E-state index contributed by atoms with van der Waals surface area (Å²) in [5.41, 5.74) is 2.00. The first kappa shape index (κ1) is 11.0. The minimum absolute atomic E-state index is 0.143. The summed E-state index contributed by atoms with van der Waals surface area (Å²) >= 11 is 5.75. The maximum Gasteiger partial charge on any atom is 0.0471 e. The molecular weight excluding hydrogens is 196 g/mol. The molecule has 1 aromatic carbocycles. The normalized spacial score (nSPS) is 10.7. The molecule has 0 aliphatic carbocycles. The summed E-state index contributed by atoms with van der Waals surface area (Å²) in [5, 5.41) is 9.39. The molecule has 1 N–H and O–H groups in total. The average molecular weight is 209 g/mol. The van der Waals surface area contributed by atoms with Gasteiger partial charge in [-0.1, -0.05) is 48.0 Å². The molecule has 0 bridgehead atoms. The molecule has 0 amide bonds. The maximum atomic E-state index is 8.66. The van der Waals surface area contributed by atoms with Crippen LogP contribution in [-0.2, 0) is 0 Å². The second-order valence-electron chi connectivity index (χ2n) is 3.02. The largest absolute Gasteiger partial charge is 0.396 e. The van der Waals surface area contributed by atoms with Crippen molar-refractivity contribution in [2.75, 3.05) is 6.61 Å². The van der Waals surface area contributed by atoms with E-state index in [1.165, 1.54) is 0 Å². The van der Waals surface area contributed by atoms with Crippen LogP contribution in [-0.4, -0.2) is 11.7 Å². The third-order valence-electron chi connectivity index (χ3n) is 1.81. The zero-order valence-corrected chi connectivity index (χ0v) is 8.67. The van der Waals surface area contributed by atoms with E-state index in [0.717, 1.165) is 16.2 Å². The third-order valence-corrected chi connectivity index (χ3v) is 2.07. The molecule has 0 unspecified atom stereocenters. The second kappa shape index (κ2) is 5.63. The number of halogens is 1. The topological polar surface area (TPSA) is 20.2 Å². The Morgan fingerprint density at radius 2 is 2.00 bits per heavy atom. The Balaban J connectivity index is 2.60. The molecule has 2 heteroatoms. The molecule has 0 atom stereocenters. The fraction of sp³-hybridized carbons (Fsp3) is 0.167. The molecule has 1 rings (SSSR count). The summed E-state index contributed by atoms with van der Waals surface area (Å²) < 4.78 is 0. The Hall–Kier alpha value is -1.05. The Kier molecular flexibility index (Phi) is 4.44. The summed E-state index contributed by atoms with van der Waals surface area (Å²) in [6.07, 6.45) is 4.47. The van der Waals surface area contributed by atoms with Gasteiger partial charge in [-0.3, -0.25) is 0 Å². The van der Waals surface area contributed by atoms with Crippen molar-refractivity contribution in [3.8, 4) is 0 Å². The highest BCUT2D eigenvalue weighted by Gasteiger charge is 1.89. The van der Waals surface area contributed by atoms with Crippen molar-refractivity contribution in [2.45, 2.75) is 6.42 Å². The van der Waals surface area contributed by atoms with Crippen LogP contribution >= 0.6 is 11.6 Å². The van der Waals surface area contributed by atoms with Crippen LogP contribution in [0.2, 0.25) is 5.02 Å². The molecule has 74 valence electrons. The van der Waals surface area contributed by atoms with Crippen LogP contribution in [0.25, 0.3) is 6.08 Å². The van der Waals surface area contributed by atoms with Gasteiger partial charge in [0.2, 0.25) is 0 Å². The first-order valence-electron chi connectivity index (χ1n) is 4.44. The highest BCUT2D eigenvalue weighted by atomic mass is 35.5. The van der Waals surface area contributed by atoms with Crippen molar-refractivity contribution in [1.82, 2.24) is 0 Å². The Morgan fingerprint density at radius 1 is 1.36 bits per heavy atom. The summed E-state index contributed by atoms with van der Waals surface area (Å²) in [7, 11) is 0. The van der Waals surface area contributed by atoms with Gasteiger partial charge in [-0.15, -0.1) is 0 Å². The van der Waals surface area contributed by atoms with E-state index in [-0.39, 0.29) is 6.61 Å². The van der Waals surface area contributed by atoms with E-state index in [1.807, 2.05) is 36.4 Å². The number of benzene rings is 1. The van der Waals surface area contributed by atoms with Gasteiger partial charge in [0.25, 0.3) is 0 Å². The van der Waals surface area contributed by atoms with E-state index in [9.17, 15) is 0 Å². The molecule has 0 aliphatic rings. The predicted molar refractivity (Wildman–Crippen MR) is 61.3 cm³/mol. The van der Waals surface area contributed by atoms with Gasteiger partial charge in [0.1, 0.15) is 0 Å². The number of aliphatic hydroxyl groups is 1. The van der Waals surface area contributed by atoms with Crippen LogP contribution in [0.3, 0.4) is 0 Å². The lowest BCUT2D eigenvalue weighted by atomic mass is 10.1. The van der Waals surface area contributed by atoms with Gasteiger partial charge in [0, 0.05) is 11.6 Å². The molecule has 0 spiro atoms. The van der Waals surface area contributed by atoms with Crippen molar-refractivity contribution >= 4 is 17.7 Å². The fourth-order valence-corrected chi connectivity index (χ4v) is 1.14. The first-order valence-corrected chi connectivity index (χ1v) is 4.82. The molecule has 0 saturated carbocycles. The quantitative estimate of drug-likeness (QED) is 0.753. The number of aliphatic hydroxyl groups excluding tert-OH is 1. The molecule has 0 aromatic heterocycles. The lowest BCUT2D eigenvalue weighted by Crippen LogP contribution is -1.82. The van der Waals surface area contributed by atoms with Gasteiger partial charge in [0.15, 0.2) is 0 Å². The van der Waals surface area contributed by atoms with Crippen molar-refractivity contribution < 1.29 is 5.11 Å². The number of hydrogen-bond donors (Lipinski definition) is 1. The highest BCUT2D eigenvalue weighted by Crippen LogP contribution is 2.11. The van der Waals surface area contributed by atoms with Crippen molar-refractivity contribution in [2.24, 2.45) is 0 Å². The van der Waals surface area contributed by atoms with Crippen molar-refractivity contribution in [3.05, 3.63) is 53.1 Å². The summed E-state index contributed by atoms with van der Waals surface area (Å²) in [5.74, 6) is 0. The minimum Gasteiger partial charge on any atom is -0.396 e. The first-order chi connectivity index (χ1) is 6.72. The summed E-state index contributed by atoms with van der Waals surface area (Å²) in [4.78, 5) is 0. The Labute approximate surface area is 89.3 Å².